The van der Waals surface area contributed by atoms with Gasteiger partial charge < -0.3 is 5.32 Å². The summed E-state index contributed by atoms with van der Waals surface area (Å²) in [6.45, 7) is 1.51. The number of urea groups is 1. The summed E-state index contributed by atoms with van der Waals surface area (Å²) < 4.78 is 0. The first-order valence-corrected chi connectivity index (χ1v) is 9.93. The second-order valence-electron chi connectivity index (χ2n) is 7.79. The van der Waals surface area contributed by atoms with Crippen LogP contribution in [-0.2, 0) is 14.4 Å². The fraction of sp³-hybridized carbons (Fsp3) is 0.364. The van der Waals surface area contributed by atoms with E-state index in [0.717, 1.165) is 39.8 Å². The maximum atomic E-state index is 12.8. The van der Waals surface area contributed by atoms with Crippen LogP contribution >= 0.6 is 0 Å². The number of hydrogen-bond donors (Lipinski definition) is 1. The molecule has 2 atom stereocenters. The predicted octanol–water partition coefficient (Wildman–Crippen LogP) is 3.15. The van der Waals surface area contributed by atoms with E-state index in [2.05, 4.69) is 5.32 Å². The van der Waals surface area contributed by atoms with Crippen LogP contribution in [0.3, 0.4) is 0 Å². The summed E-state index contributed by atoms with van der Waals surface area (Å²) in [5.41, 5.74) is 0.567. The zero-order valence-corrected chi connectivity index (χ0v) is 16.3. The Bertz CT molecular complexity index is 1000. The van der Waals surface area contributed by atoms with Crippen molar-refractivity contribution in [3.05, 3.63) is 42.5 Å². The number of rotatable bonds is 4. The van der Waals surface area contributed by atoms with Crippen LogP contribution in [0.15, 0.2) is 42.5 Å². The van der Waals surface area contributed by atoms with Gasteiger partial charge in [0.1, 0.15) is 6.54 Å². The van der Waals surface area contributed by atoms with Crippen molar-refractivity contribution < 1.29 is 19.2 Å². The Kier molecular flexibility index (Phi) is 5.05. The van der Waals surface area contributed by atoms with Crippen LogP contribution in [0.25, 0.3) is 10.8 Å². The van der Waals surface area contributed by atoms with E-state index >= 15 is 0 Å². The maximum Gasteiger partial charge on any atom is 0.334 e. The molecule has 1 saturated carbocycles. The van der Waals surface area contributed by atoms with Gasteiger partial charge >= 0.3 is 17.8 Å². The van der Waals surface area contributed by atoms with Crippen molar-refractivity contribution in [2.75, 3.05) is 11.9 Å². The highest BCUT2D eigenvalue weighted by atomic mass is 16.2. The third-order valence-electron chi connectivity index (χ3n) is 5.82. The molecule has 0 unspecified atom stereocenters. The van der Waals surface area contributed by atoms with E-state index in [-0.39, 0.29) is 12.0 Å². The van der Waals surface area contributed by atoms with Crippen LogP contribution in [0.5, 0.6) is 0 Å². The lowest BCUT2D eigenvalue weighted by Gasteiger charge is -2.34. The summed E-state index contributed by atoms with van der Waals surface area (Å²) in [4.78, 5) is 51.9. The zero-order valence-electron chi connectivity index (χ0n) is 16.3. The molecular formula is C22H23N3O4. The highest BCUT2D eigenvalue weighted by molar-refractivity contribution is 6.45. The van der Waals surface area contributed by atoms with Crippen molar-refractivity contribution in [3.63, 3.8) is 0 Å². The first-order chi connectivity index (χ1) is 14.0. The Morgan fingerprint density at radius 1 is 1.00 bits per heavy atom. The van der Waals surface area contributed by atoms with Crippen LogP contribution in [0.2, 0.25) is 0 Å². The van der Waals surface area contributed by atoms with Gasteiger partial charge in [-0.25, -0.2) is 9.69 Å². The van der Waals surface area contributed by atoms with E-state index in [1.54, 1.807) is 6.07 Å². The number of imide groups is 2. The summed E-state index contributed by atoms with van der Waals surface area (Å²) >= 11 is 0. The summed E-state index contributed by atoms with van der Waals surface area (Å²) in [6, 6.07) is 12.2. The van der Waals surface area contributed by atoms with Crippen molar-refractivity contribution in [3.8, 4) is 0 Å². The number of nitrogens with one attached hydrogen (secondary N) is 1. The smallest absolute Gasteiger partial charge is 0.325 e. The van der Waals surface area contributed by atoms with E-state index in [1.807, 2.05) is 43.3 Å². The van der Waals surface area contributed by atoms with E-state index in [1.165, 1.54) is 0 Å². The van der Waals surface area contributed by atoms with Gasteiger partial charge in [-0.2, -0.15) is 0 Å². The molecule has 7 heteroatoms. The molecule has 1 aliphatic heterocycles. The van der Waals surface area contributed by atoms with Crippen LogP contribution < -0.4 is 5.32 Å². The first-order valence-electron chi connectivity index (χ1n) is 9.93. The highest BCUT2D eigenvalue weighted by Gasteiger charge is 2.49. The van der Waals surface area contributed by atoms with Gasteiger partial charge in [0.25, 0.3) is 0 Å². The molecule has 2 aromatic rings. The van der Waals surface area contributed by atoms with Crippen molar-refractivity contribution in [1.82, 2.24) is 9.80 Å². The van der Waals surface area contributed by atoms with Gasteiger partial charge in [-0.05, 0) is 41.7 Å². The minimum Gasteiger partial charge on any atom is -0.325 e. The number of carbonyl (C=O) groups excluding carboxylic acids is 4. The Labute approximate surface area is 168 Å². The SMILES string of the molecule is C[C@@H]1CCCC[C@H]1N1C(=O)C(=O)N(CC(=O)Nc2ccc3ccccc3c2)C1=O. The topological polar surface area (TPSA) is 86.8 Å². The monoisotopic (exact) mass is 393 g/mol. The molecule has 1 N–H and O–H groups in total. The van der Waals surface area contributed by atoms with Crippen LogP contribution in [0.1, 0.15) is 32.6 Å². The molecule has 150 valence electrons. The Balaban J connectivity index is 1.46. The molecule has 2 aromatic carbocycles. The lowest BCUT2D eigenvalue weighted by molar-refractivity contribution is -0.145. The minimum absolute atomic E-state index is 0.149. The number of fused-ring (bicyclic) bond motifs is 1. The van der Waals surface area contributed by atoms with Gasteiger partial charge in [0.2, 0.25) is 5.91 Å². The van der Waals surface area contributed by atoms with Crippen LogP contribution in [-0.4, -0.2) is 46.1 Å². The van der Waals surface area contributed by atoms with Crippen molar-refractivity contribution in [2.45, 2.75) is 38.6 Å². The van der Waals surface area contributed by atoms with E-state index in [4.69, 9.17) is 0 Å². The number of benzene rings is 2. The molecule has 1 saturated heterocycles. The largest absolute Gasteiger partial charge is 0.334 e. The lowest BCUT2D eigenvalue weighted by atomic mass is 9.85. The van der Waals surface area contributed by atoms with Crippen molar-refractivity contribution in [2.24, 2.45) is 5.92 Å². The van der Waals surface area contributed by atoms with E-state index in [9.17, 15) is 19.2 Å². The second kappa shape index (κ2) is 7.66. The van der Waals surface area contributed by atoms with Crippen LogP contribution in [0.4, 0.5) is 10.5 Å². The minimum atomic E-state index is -0.929. The Morgan fingerprint density at radius 2 is 1.72 bits per heavy atom. The molecule has 0 spiro atoms. The first kappa shape index (κ1) is 19.1. The van der Waals surface area contributed by atoms with Crippen LogP contribution in [0, 0.1) is 5.92 Å². The van der Waals surface area contributed by atoms with Crippen molar-refractivity contribution >= 4 is 40.2 Å². The Morgan fingerprint density at radius 3 is 2.48 bits per heavy atom. The average molecular weight is 393 g/mol. The summed E-state index contributed by atoms with van der Waals surface area (Å²) in [5, 5.41) is 4.71. The third kappa shape index (κ3) is 3.60. The summed E-state index contributed by atoms with van der Waals surface area (Å²) in [7, 11) is 0. The van der Waals surface area contributed by atoms with Gasteiger partial charge in [-0.1, -0.05) is 50.1 Å². The molecular weight excluding hydrogens is 370 g/mol. The number of anilines is 1. The van der Waals surface area contributed by atoms with E-state index in [0.29, 0.717) is 12.1 Å². The normalized spacial score (nSPS) is 22.4. The Hall–Kier alpha value is -3.22. The third-order valence-corrected chi connectivity index (χ3v) is 5.82. The van der Waals surface area contributed by atoms with Crippen molar-refractivity contribution in [1.29, 1.82) is 0 Å². The average Bonchev–Trinajstić information content (AvgIpc) is 2.92. The molecule has 0 radical (unpaired) electrons. The summed E-state index contributed by atoms with van der Waals surface area (Å²) in [5.74, 6) is -2.13. The highest BCUT2D eigenvalue weighted by Crippen LogP contribution is 2.31. The molecule has 5 amide bonds. The molecule has 2 aliphatic rings. The number of amides is 5. The maximum absolute atomic E-state index is 12.8. The number of nitrogens with zero attached hydrogens (tertiary/aromatic N) is 2. The molecule has 29 heavy (non-hydrogen) atoms. The van der Waals surface area contributed by atoms with Gasteiger partial charge in [0, 0.05) is 11.7 Å². The fourth-order valence-corrected chi connectivity index (χ4v) is 4.25. The van der Waals surface area contributed by atoms with Gasteiger partial charge in [0.15, 0.2) is 0 Å². The number of carbonyl (C=O) groups is 4. The van der Waals surface area contributed by atoms with Gasteiger partial charge in [-0.15, -0.1) is 0 Å². The molecule has 2 fully saturated rings. The fourth-order valence-electron chi connectivity index (χ4n) is 4.25. The summed E-state index contributed by atoms with van der Waals surface area (Å²) in [6.07, 6.45) is 3.59. The van der Waals surface area contributed by atoms with Gasteiger partial charge in [0.05, 0.1) is 0 Å². The second-order valence-corrected chi connectivity index (χ2v) is 7.79. The zero-order chi connectivity index (χ0) is 20.5. The molecule has 7 nitrogen and oxygen atoms in total. The molecule has 1 heterocycles. The quantitative estimate of drug-likeness (QED) is 0.639. The predicted molar refractivity (Wildman–Crippen MR) is 108 cm³/mol. The molecule has 0 bridgehead atoms. The molecule has 0 aromatic heterocycles. The number of hydrogen-bond acceptors (Lipinski definition) is 4. The molecule has 1 aliphatic carbocycles. The van der Waals surface area contributed by atoms with E-state index < -0.39 is 30.3 Å². The molecule has 4 rings (SSSR count). The van der Waals surface area contributed by atoms with Gasteiger partial charge in [-0.3, -0.25) is 19.3 Å². The standard InChI is InChI=1S/C22H23N3O4/c1-14-6-2-5-9-18(14)25-21(28)20(27)24(22(25)29)13-19(26)23-17-11-10-15-7-3-4-8-16(15)12-17/h3-4,7-8,10-12,14,18H,2,5-6,9,13H2,1H3,(H,23,26)/t14-,18-/m1/s1. The lowest BCUT2D eigenvalue weighted by Crippen LogP contribution is -2.46.